The largest absolute Gasteiger partial charge is 0.460 e. The van der Waals surface area contributed by atoms with Gasteiger partial charge in [-0.1, -0.05) is 76.1 Å². The topological polar surface area (TPSA) is 64.6 Å². The number of anilines is 1. The summed E-state index contributed by atoms with van der Waals surface area (Å²) in [6.07, 6.45) is 7.79. The Balaban J connectivity index is 2.46. The van der Waals surface area contributed by atoms with Gasteiger partial charge in [0.25, 0.3) is 0 Å². The summed E-state index contributed by atoms with van der Waals surface area (Å²) >= 11 is 6.00. The van der Waals surface area contributed by atoms with E-state index in [-0.39, 0.29) is 6.10 Å². The number of amides is 1. The molecule has 0 aliphatic heterocycles. The summed E-state index contributed by atoms with van der Waals surface area (Å²) in [6, 6.07) is 6.83. The molecule has 2 unspecified atom stereocenters. The van der Waals surface area contributed by atoms with Gasteiger partial charge in [0.1, 0.15) is 6.10 Å². The van der Waals surface area contributed by atoms with Crippen molar-refractivity contribution in [2.45, 2.75) is 90.8 Å². The molecule has 1 N–H and O–H groups in total. The highest BCUT2D eigenvalue weighted by atomic mass is 35.5. The zero-order valence-corrected chi connectivity index (χ0v) is 18.1. The summed E-state index contributed by atoms with van der Waals surface area (Å²) in [5, 5.41) is 2.94. The number of ether oxygens (including phenoxy) is 2. The van der Waals surface area contributed by atoms with Crippen molar-refractivity contribution in [2.24, 2.45) is 0 Å². The Kier molecular flexibility index (Phi) is 12.4. The van der Waals surface area contributed by atoms with Crippen molar-refractivity contribution < 1.29 is 19.1 Å². The fraction of sp³-hybridized carbons (Fsp3) is 0.636. The number of nitrogens with one attached hydrogen (secondary N) is 1. The molecule has 0 saturated carbocycles. The average Bonchev–Trinajstić information content (AvgIpc) is 2.67. The molecule has 2 atom stereocenters. The number of benzene rings is 1. The van der Waals surface area contributed by atoms with Crippen molar-refractivity contribution in [3.05, 3.63) is 29.3 Å². The van der Waals surface area contributed by atoms with Gasteiger partial charge in [-0.15, -0.1) is 0 Å². The van der Waals surface area contributed by atoms with Gasteiger partial charge in [-0.25, -0.2) is 9.59 Å². The van der Waals surface area contributed by atoms with Crippen LogP contribution in [0.3, 0.4) is 0 Å². The lowest BCUT2D eigenvalue weighted by Gasteiger charge is -2.20. The van der Waals surface area contributed by atoms with Crippen LogP contribution in [0.2, 0.25) is 5.02 Å². The number of para-hydroxylation sites is 1. The van der Waals surface area contributed by atoms with E-state index in [2.05, 4.69) is 19.2 Å². The number of unbranched alkanes of at least 4 members (excludes halogenated alkanes) is 5. The first-order valence-corrected chi connectivity index (χ1v) is 10.8. The van der Waals surface area contributed by atoms with Crippen LogP contribution in [0.15, 0.2) is 24.3 Å². The van der Waals surface area contributed by atoms with E-state index in [1.54, 1.807) is 24.3 Å². The van der Waals surface area contributed by atoms with Gasteiger partial charge in [-0.05, 0) is 38.3 Å². The Morgan fingerprint density at radius 3 is 2.29 bits per heavy atom. The van der Waals surface area contributed by atoms with Gasteiger partial charge < -0.3 is 9.47 Å². The lowest BCUT2D eigenvalue weighted by atomic mass is 10.0. The van der Waals surface area contributed by atoms with Gasteiger partial charge in [-0.2, -0.15) is 0 Å². The van der Waals surface area contributed by atoms with Gasteiger partial charge in [0, 0.05) is 0 Å². The van der Waals surface area contributed by atoms with Crippen LogP contribution in [0.1, 0.15) is 78.6 Å². The van der Waals surface area contributed by atoms with Gasteiger partial charge in [0.05, 0.1) is 10.7 Å². The van der Waals surface area contributed by atoms with Gasteiger partial charge in [0.15, 0.2) is 6.10 Å². The van der Waals surface area contributed by atoms with Crippen molar-refractivity contribution in [1.82, 2.24) is 0 Å². The molecule has 0 spiro atoms. The van der Waals surface area contributed by atoms with Crippen LogP contribution in [0.5, 0.6) is 0 Å². The summed E-state index contributed by atoms with van der Waals surface area (Å²) in [4.78, 5) is 24.4. The number of halogens is 1. The molecule has 0 saturated heterocycles. The fourth-order valence-corrected chi connectivity index (χ4v) is 3.02. The van der Waals surface area contributed by atoms with Crippen LogP contribution in [-0.2, 0) is 14.3 Å². The first-order valence-electron chi connectivity index (χ1n) is 10.4. The zero-order chi connectivity index (χ0) is 20.8. The molecule has 1 amide bonds. The van der Waals surface area contributed by atoms with Crippen molar-refractivity contribution in [1.29, 1.82) is 0 Å². The monoisotopic (exact) mass is 411 g/mol. The second-order valence-electron chi connectivity index (χ2n) is 7.06. The minimum Gasteiger partial charge on any atom is -0.460 e. The number of rotatable bonds is 13. The molecule has 158 valence electrons. The number of hydrogen-bond donors (Lipinski definition) is 1. The van der Waals surface area contributed by atoms with Crippen LogP contribution in [0, 0.1) is 0 Å². The summed E-state index contributed by atoms with van der Waals surface area (Å²) in [5.41, 5.74) is 0.433. The lowest BCUT2D eigenvalue weighted by Crippen LogP contribution is -2.31. The third-order valence-electron chi connectivity index (χ3n) is 4.52. The Labute approximate surface area is 174 Å². The third-order valence-corrected chi connectivity index (χ3v) is 4.85. The minimum absolute atomic E-state index is 0.119. The van der Waals surface area contributed by atoms with Crippen LogP contribution in [-0.4, -0.2) is 24.3 Å². The second kappa shape index (κ2) is 14.3. The summed E-state index contributed by atoms with van der Waals surface area (Å²) in [6.45, 7) is 5.83. The summed E-state index contributed by atoms with van der Waals surface area (Å²) in [7, 11) is 0. The Bertz CT molecular complexity index is 594. The first kappa shape index (κ1) is 24.3. The molecule has 0 aromatic heterocycles. The highest BCUT2D eigenvalue weighted by Crippen LogP contribution is 2.21. The maximum atomic E-state index is 12.4. The maximum absolute atomic E-state index is 12.4. The van der Waals surface area contributed by atoms with E-state index < -0.39 is 18.2 Å². The van der Waals surface area contributed by atoms with Crippen LogP contribution in [0.4, 0.5) is 10.5 Å². The molecule has 0 bridgehead atoms. The maximum Gasteiger partial charge on any atom is 0.412 e. The molecule has 1 aromatic carbocycles. The van der Waals surface area contributed by atoms with E-state index in [4.69, 9.17) is 21.1 Å². The molecule has 0 aliphatic carbocycles. The predicted molar refractivity (Wildman–Crippen MR) is 114 cm³/mol. The number of esters is 1. The zero-order valence-electron chi connectivity index (χ0n) is 17.3. The fourth-order valence-electron chi connectivity index (χ4n) is 2.84. The van der Waals surface area contributed by atoms with Crippen LogP contribution < -0.4 is 5.32 Å². The molecular formula is C22H34ClNO4. The van der Waals surface area contributed by atoms with E-state index in [0.717, 1.165) is 38.5 Å². The molecule has 1 rings (SSSR count). The molecule has 0 radical (unpaired) electrons. The van der Waals surface area contributed by atoms with Crippen molar-refractivity contribution in [3.63, 3.8) is 0 Å². The highest BCUT2D eigenvalue weighted by Gasteiger charge is 2.23. The molecule has 28 heavy (non-hydrogen) atoms. The van der Waals surface area contributed by atoms with E-state index in [1.165, 1.54) is 26.2 Å². The van der Waals surface area contributed by atoms with Crippen molar-refractivity contribution in [3.8, 4) is 0 Å². The smallest absolute Gasteiger partial charge is 0.412 e. The molecular weight excluding hydrogens is 378 g/mol. The van der Waals surface area contributed by atoms with Crippen LogP contribution in [0.25, 0.3) is 0 Å². The summed E-state index contributed by atoms with van der Waals surface area (Å²) < 4.78 is 10.8. The minimum atomic E-state index is -0.980. The van der Waals surface area contributed by atoms with Gasteiger partial charge in [0.2, 0.25) is 0 Å². The molecule has 0 aliphatic rings. The van der Waals surface area contributed by atoms with Gasteiger partial charge in [-0.3, -0.25) is 5.32 Å². The average molecular weight is 412 g/mol. The SMILES string of the molecule is CCCCCCCC(CCCC)OC(=O)C(C)OC(=O)Nc1ccccc1Cl. The van der Waals surface area contributed by atoms with Crippen molar-refractivity contribution in [2.75, 3.05) is 5.32 Å². The Hall–Kier alpha value is -1.75. The third kappa shape index (κ3) is 9.98. The quantitative estimate of drug-likeness (QED) is 0.288. The van der Waals surface area contributed by atoms with Gasteiger partial charge >= 0.3 is 12.1 Å². The first-order chi connectivity index (χ1) is 13.5. The molecule has 5 nitrogen and oxygen atoms in total. The van der Waals surface area contributed by atoms with E-state index in [9.17, 15) is 9.59 Å². The molecule has 1 aromatic rings. The standard InChI is InChI=1S/C22H34ClNO4/c1-4-6-8-9-10-14-18(13-7-5-2)28-21(25)17(3)27-22(26)24-20-16-12-11-15-19(20)23/h11-12,15-18H,4-10,13-14H2,1-3H3,(H,24,26). The number of carbonyl (C=O) groups excluding carboxylic acids is 2. The van der Waals surface area contributed by atoms with E-state index >= 15 is 0 Å². The molecule has 0 fully saturated rings. The van der Waals surface area contributed by atoms with E-state index in [1.807, 2.05) is 0 Å². The lowest BCUT2D eigenvalue weighted by molar-refractivity contribution is -0.158. The normalized spacial score (nSPS) is 12.9. The second-order valence-corrected chi connectivity index (χ2v) is 7.46. The molecule has 0 heterocycles. The Morgan fingerprint density at radius 2 is 1.61 bits per heavy atom. The van der Waals surface area contributed by atoms with Crippen LogP contribution >= 0.6 is 11.6 Å². The van der Waals surface area contributed by atoms with Crippen molar-refractivity contribution >= 4 is 29.4 Å². The number of carbonyl (C=O) groups is 2. The number of hydrogen-bond acceptors (Lipinski definition) is 4. The highest BCUT2D eigenvalue weighted by molar-refractivity contribution is 6.33. The Morgan fingerprint density at radius 1 is 0.964 bits per heavy atom. The predicted octanol–water partition coefficient (Wildman–Crippen LogP) is 6.74. The van der Waals surface area contributed by atoms with E-state index in [0.29, 0.717) is 10.7 Å². The summed E-state index contributed by atoms with van der Waals surface area (Å²) in [5.74, 6) is -0.510. The molecule has 6 heteroatoms.